The minimum Gasteiger partial charge on any atom is -0.464 e. The molecule has 1 unspecified atom stereocenters. The number of rotatable bonds is 8. The van der Waals surface area contributed by atoms with Gasteiger partial charge in [-0.1, -0.05) is 25.4 Å². The summed E-state index contributed by atoms with van der Waals surface area (Å²) in [6.45, 7) is 6.33. The Morgan fingerprint density at radius 2 is 2.07 bits per heavy atom. The van der Waals surface area contributed by atoms with Gasteiger partial charge in [0.1, 0.15) is 11.9 Å². The first kappa shape index (κ1) is 21.8. The number of esters is 1. The molecule has 152 valence electrons. The van der Waals surface area contributed by atoms with Gasteiger partial charge in [0.15, 0.2) is 0 Å². The third-order valence-electron chi connectivity index (χ3n) is 3.87. The molecule has 1 atom stereocenters. The molecule has 3 N–H and O–H groups in total. The van der Waals surface area contributed by atoms with Crippen LogP contribution in [0, 0.1) is 11.7 Å². The standard InChI is InChI=1S/C19H24ClFN4O3/c1-4-25-17(15(20)8-24-25)12-5-13(7-14(21)6-12)18(26)23-9-16(22)19(27)28-10-11(2)3/h5-8,11,16H,4,9-10,22H2,1-3H3,(H,23,26). The fraction of sp³-hybridized carbons (Fsp3) is 0.421. The van der Waals surface area contributed by atoms with Crippen LogP contribution in [0.2, 0.25) is 5.02 Å². The first-order valence-corrected chi connectivity index (χ1v) is 9.33. The van der Waals surface area contributed by atoms with E-state index in [-0.39, 0.29) is 24.6 Å². The molecule has 28 heavy (non-hydrogen) atoms. The van der Waals surface area contributed by atoms with E-state index in [1.807, 2.05) is 20.8 Å². The Morgan fingerprint density at radius 3 is 2.71 bits per heavy atom. The summed E-state index contributed by atoms with van der Waals surface area (Å²) in [5, 5.41) is 7.00. The van der Waals surface area contributed by atoms with Gasteiger partial charge in [-0.05, 0) is 31.0 Å². The van der Waals surface area contributed by atoms with Gasteiger partial charge in [-0.15, -0.1) is 0 Å². The molecule has 0 aliphatic heterocycles. The van der Waals surface area contributed by atoms with E-state index in [9.17, 15) is 14.0 Å². The van der Waals surface area contributed by atoms with E-state index in [0.717, 1.165) is 6.07 Å². The molecule has 1 aromatic carbocycles. The molecule has 0 radical (unpaired) electrons. The first-order valence-electron chi connectivity index (χ1n) is 8.95. The van der Waals surface area contributed by atoms with Crippen molar-refractivity contribution >= 4 is 23.5 Å². The van der Waals surface area contributed by atoms with Crippen LogP contribution in [-0.4, -0.2) is 40.9 Å². The van der Waals surface area contributed by atoms with Gasteiger partial charge >= 0.3 is 5.97 Å². The number of benzene rings is 1. The van der Waals surface area contributed by atoms with Crippen LogP contribution in [-0.2, 0) is 16.1 Å². The van der Waals surface area contributed by atoms with Crippen molar-refractivity contribution in [2.75, 3.05) is 13.2 Å². The second kappa shape index (κ2) is 9.66. The Hall–Kier alpha value is -2.45. The summed E-state index contributed by atoms with van der Waals surface area (Å²) in [5.74, 6) is -1.58. The maximum atomic E-state index is 14.1. The lowest BCUT2D eigenvalue weighted by molar-refractivity contribution is -0.146. The smallest absolute Gasteiger partial charge is 0.324 e. The maximum absolute atomic E-state index is 14.1. The number of nitrogens with zero attached hydrogens (tertiary/aromatic N) is 2. The van der Waals surface area contributed by atoms with E-state index in [1.54, 1.807) is 4.68 Å². The van der Waals surface area contributed by atoms with Crippen molar-refractivity contribution in [2.45, 2.75) is 33.4 Å². The largest absolute Gasteiger partial charge is 0.464 e. The summed E-state index contributed by atoms with van der Waals surface area (Å²) in [5.41, 5.74) is 6.76. The average Bonchev–Trinajstić information content (AvgIpc) is 3.03. The number of nitrogens with one attached hydrogen (secondary N) is 1. The van der Waals surface area contributed by atoms with E-state index in [4.69, 9.17) is 22.1 Å². The van der Waals surface area contributed by atoms with E-state index >= 15 is 0 Å². The minimum atomic E-state index is -1.01. The molecule has 0 spiro atoms. The molecule has 0 aliphatic rings. The van der Waals surface area contributed by atoms with Crippen molar-refractivity contribution in [2.24, 2.45) is 11.7 Å². The van der Waals surface area contributed by atoms with Crippen molar-refractivity contribution in [3.05, 3.63) is 40.8 Å². The number of aryl methyl sites for hydroxylation is 1. The quantitative estimate of drug-likeness (QED) is 0.652. The molecule has 2 rings (SSSR count). The highest BCUT2D eigenvalue weighted by atomic mass is 35.5. The normalized spacial score (nSPS) is 12.1. The summed E-state index contributed by atoms with van der Waals surface area (Å²) in [6.07, 6.45) is 1.47. The highest BCUT2D eigenvalue weighted by Gasteiger charge is 2.19. The lowest BCUT2D eigenvalue weighted by Gasteiger charge is -2.14. The second-order valence-electron chi connectivity index (χ2n) is 6.73. The number of nitrogens with two attached hydrogens (primary N) is 1. The fourth-order valence-electron chi connectivity index (χ4n) is 2.49. The van der Waals surface area contributed by atoms with Gasteiger partial charge in [-0.3, -0.25) is 14.3 Å². The van der Waals surface area contributed by atoms with Gasteiger partial charge in [0.25, 0.3) is 5.91 Å². The molecule has 9 heteroatoms. The lowest BCUT2D eigenvalue weighted by Crippen LogP contribution is -2.43. The van der Waals surface area contributed by atoms with E-state index in [0.29, 0.717) is 22.8 Å². The van der Waals surface area contributed by atoms with Gasteiger partial charge in [0, 0.05) is 24.2 Å². The van der Waals surface area contributed by atoms with Crippen molar-refractivity contribution in [1.82, 2.24) is 15.1 Å². The summed E-state index contributed by atoms with van der Waals surface area (Å²) in [7, 11) is 0. The topological polar surface area (TPSA) is 99.2 Å². The molecular formula is C19H24ClFN4O3. The minimum absolute atomic E-state index is 0.0812. The summed E-state index contributed by atoms with van der Waals surface area (Å²) in [6, 6.07) is 2.88. The molecule has 1 aromatic heterocycles. The predicted molar refractivity (Wildman–Crippen MR) is 104 cm³/mol. The van der Waals surface area contributed by atoms with Crippen LogP contribution in [0.4, 0.5) is 4.39 Å². The maximum Gasteiger partial charge on any atom is 0.324 e. The Morgan fingerprint density at radius 1 is 1.36 bits per heavy atom. The highest BCUT2D eigenvalue weighted by molar-refractivity contribution is 6.33. The highest BCUT2D eigenvalue weighted by Crippen LogP contribution is 2.29. The van der Waals surface area contributed by atoms with Gasteiger partial charge in [-0.2, -0.15) is 5.10 Å². The molecular weight excluding hydrogens is 387 g/mol. The van der Waals surface area contributed by atoms with Gasteiger partial charge in [-0.25, -0.2) is 4.39 Å². The van der Waals surface area contributed by atoms with Crippen LogP contribution < -0.4 is 11.1 Å². The number of halogens is 2. The van der Waals surface area contributed by atoms with Gasteiger partial charge < -0.3 is 15.8 Å². The Balaban J connectivity index is 2.11. The van der Waals surface area contributed by atoms with Crippen molar-refractivity contribution in [1.29, 1.82) is 0 Å². The van der Waals surface area contributed by atoms with Crippen LogP contribution in [0.3, 0.4) is 0 Å². The van der Waals surface area contributed by atoms with Crippen LogP contribution in [0.1, 0.15) is 31.1 Å². The molecule has 0 saturated carbocycles. The number of carbonyl (C=O) groups excluding carboxylic acids is 2. The van der Waals surface area contributed by atoms with Crippen LogP contribution >= 0.6 is 11.6 Å². The third kappa shape index (κ3) is 5.53. The molecule has 0 bridgehead atoms. The van der Waals surface area contributed by atoms with E-state index < -0.39 is 23.7 Å². The molecule has 0 saturated heterocycles. The zero-order valence-corrected chi connectivity index (χ0v) is 16.8. The summed E-state index contributed by atoms with van der Waals surface area (Å²) < 4.78 is 20.7. The fourth-order valence-corrected chi connectivity index (χ4v) is 2.74. The van der Waals surface area contributed by atoms with Gasteiger partial charge in [0.05, 0.1) is 23.5 Å². The number of ether oxygens (including phenoxy) is 1. The van der Waals surface area contributed by atoms with Gasteiger partial charge in [0.2, 0.25) is 0 Å². The number of carbonyl (C=O) groups is 2. The Bertz CT molecular complexity index is 854. The zero-order chi connectivity index (χ0) is 20.8. The average molecular weight is 411 g/mol. The third-order valence-corrected chi connectivity index (χ3v) is 4.15. The van der Waals surface area contributed by atoms with Crippen LogP contribution in [0.5, 0.6) is 0 Å². The monoisotopic (exact) mass is 410 g/mol. The number of amides is 1. The predicted octanol–water partition coefficient (Wildman–Crippen LogP) is 2.62. The van der Waals surface area contributed by atoms with Crippen molar-refractivity contribution < 1.29 is 18.7 Å². The van der Waals surface area contributed by atoms with Crippen LogP contribution in [0.25, 0.3) is 11.3 Å². The first-order chi connectivity index (χ1) is 13.2. The van der Waals surface area contributed by atoms with Crippen molar-refractivity contribution in [3.8, 4) is 11.3 Å². The molecule has 0 fully saturated rings. The number of aromatic nitrogens is 2. The SMILES string of the molecule is CCn1ncc(Cl)c1-c1cc(F)cc(C(=O)NCC(N)C(=O)OCC(C)C)c1. The van der Waals surface area contributed by atoms with E-state index in [1.165, 1.54) is 18.3 Å². The lowest BCUT2D eigenvalue weighted by atomic mass is 10.1. The molecule has 1 heterocycles. The van der Waals surface area contributed by atoms with Crippen molar-refractivity contribution in [3.63, 3.8) is 0 Å². The molecule has 2 aromatic rings. The molecule has 0 aliphatic carbocycles. The van der Waals surface area contributed by atoms with E-state index in [2.05, 4.69) is 10.4 Å². The Labute approximate surface area is 168 Å². The Kier molecular flexibility index (Phi) is 7.53. The van der Waals surface area contributed by atoms with Crippen LogP contribution in [0.15, 0.2) is 24.4 Å². The second-order valence-corrected chi connectivity index (χ2v) is 7.13. The molecule has 7 nitrogen and oxygen atoms in total. The number of hydrogen-bond donors (Lipinski definition) is 2. The zero-order valence-electron chi connectivity index (χ0n) is 16.0. The summed E-state index contributed by atoms with van der Waals surface area (Å²) in [4.78, 5) is 24.2. The number of hydrogen-bond acceptors (Lipinski definition) is 5. The molecule has 1 amide bonds. The summed E-state index contributed by atoms with van der Waals surface area (Å²) >= 11 is 6.16.